The van der Waals surface area contributed by atoms with Crippen LogP contribution in [0.4, 0.5) is 0 Å². The number of rotatable bonds is 8. The van der Waals surface area contributed by atoms with Crippen LogP contribution in [-0.2, 0) is 4.74 Å². The molecule has 0 saturated carbocycles. The summed E-state index contributed by atoms with van der Waals surface area (Å²) < 4.78 is 5.41. The van der Waals surface area contributed by atoms with E-state index in [2.05, 4.69) is 49.8 Å². The van der Waals surface area contributed by atoms with Gasteiger partial charge in [0, 0.05) is 24.7 Å². The van der Waals surface area contributed by atoms with Gasteiger partial charge in [0.05, 0.1) is 19.8 Å². The Labute approximate surface area is 159 Å². The lowest BCUT2D eigenvalue weighted by Crippen LogP contribution is -2.52. The number of ether oxygens (including phenoxy) is 1. The molecule has 0 aromatic carbocycles. The summed E-state index contributed by atoms with van der Waals surface area (Å²) in [5, 5.41) is 3.31. The van der Waals surface area contributed by atoms with E-state index in [0.717, 1.165) is 38.6 Å². The van der Waals surface area contributed by atoms with Gasteiger partial charge in [0.15, 0.2) is 5.96 Å². The third-order valence-corrected chi connectivity index (χ3v) is 4.32. The highest BCUT2D eigenvalue weighted by Gasteiger charge is 2.27. The number of hydrogen-bond donors (Lipinski definition) is 2. The van der Waals surface area contributed by atoms with E-state index in [1.165, 1.54) is 12.8 Å². The number of guanidine groups is 1. The summed E-state index contributed by atoms with van der Waals surface area (Å²) in [4.78, 5) is 6.98. The van der Waals surface area contributed by atoms with Gasteiger partial charge in [-0.05, 0) is 33.1 Å². The van der Waals surface area contributed by atoms with Crippen molar-refractivity contribution in [2.45, 2.75) is 65.5 Å². The number of hydrogen-bond acceptors (Lipinski definition) is 3. The van der Waals surface area contributed by atoms with Gasteiger partial charge in [-0.1, -0.05) is 26.7 Å². The second-order valence-electron chi connectivity index (χ2n) is 7.48. The van der Waals surface area contributed by atoms with Crippen LogP contribution in [0.1, 0.15) is 53.9 Å². The Morgan fingerprint density at radius 1 is 1.22 bits per heavy atom. The summed E-state index contributed by atoms with van der Waals surface area (Å²) in [5.41, 5.74) is 6.06. The predicted octanol–water partition coefficient (Wildman–Crippen LogP) is 2.83. The van der Waals surface area contributed by atoms with E-state index in [-0.39, 0.29) is 29.5 Å². The molecule has 1 atom stereocenters. The minimum absolute atomic E-state index is 0. The molecule has 0 radical (unpaired) electrons. The molecule has 1 aliphatic heterocycles. The Morgan fingerprint density at radius 3 is 2.39 bits per heavy atom. The second kappa shape index (κ2) is 11.5. The van der Waals surface area contributed by atoms with Crippen molar-refractivity contribution in [3.8, 4) is 0 Å². The zero-order chi connectivity index (χ0) is 16.6. The van der Waals surface area contributed by atoms with Gasteiger partial charge in [-0.3, -0.25) is 9.89 Å². The van der Waals surface area contributed by atoms with Crippen LogP contribution in [0.15, 0.2) is 4.99 Å². The smallest absolute Gasteiger partial charge is 0.188 e. The van der Waals surface area contributed by atoms with Crippen molar-refractivity contribution in [3.63, 3.8) is 0 Å². The van der Waals surface area contributed by atoms with Crippen LogP contribution in [0.5, 0.6) is 0 Å². The first-order valence-electron chi connectivity index (χ1n) is 8.70. The molecule has 1 rings (SSSR count). The molecule has 1 unspecified atom stereocenters. The quantitative estimate of drug-likeness (QED) is 0.346. The normalized spacial score (nSPS) is 18.6. The molecule has 1 fully saturated rings. The van der Waals surface area contributed by atoms with Crippen LogP contribution in [-0.4, -0.2) is 55.3 Å². The van der Waals surface area contributed by atoms with Crippen LogP contribution < -0.4 is 11.1 Å². The van der Waals surface area contributed by atoms with E-state index in [1.807, 2.05) is 0 Å². The highest BCUT2D eigenvalue weighted by atomic mass is 127. The number of nitrogens with two attached hydrogens (primary N) is 1. The molecule has 0 aromatic heterocycles. The maximum atomic E-state index is 6.04. The Balaban J connectivity index is 0.00000484. The van der Waals surface area contributed by atoms with E-state index in [1.54, 1.807) is 0 Å². The standard InChI is InChI=1S/C17H36N4O.HI/c1-14(2)7-6-8-15(3)20-16(18)19-13-17(4,5)21-9-11-22-12-10-21;/h14-15H,6-13H2,1-5H3,(H3,18,19,20);1H. The SMILES string of the molecule is CC(C)CCCC(C)NC(N)=NCC(C)(C)N1CCOCC1.I. The molecular weight excluding hydrogens is 403 g/mol. The lowest BCUT2D eigenvalue weighted by molar-refractivity contribution is -0.00682. The molecule has 138 valence electrons. The van der Waals surface area contributed by atoms with Gasteiger partial charge in [-0.2, -0.15) is 0 Å². The molecule has 1 saturated heterocycles. The summed E-state index contributed by atoms with van der Waals surface area (Å²) in [6.07, 6.45) is 3.65. The van der Waals surface area contributed by atoms with E-state index >= 15 is 0 Å². The number of halogens is 1. The Morgan fingerprint density at radius 2 is 1.83 bits per heavy atom. The highest BCUT2D eigenvalue weighted by Crippen LogP contribution is 2.16. The van der Waals surface area contributed by atoms with Crippen molar-refractivity contribution >= 4 is 29.9 Å². The molecular formula is C17H37IN4O. The van der Waals surface area contributed by atoms with Gasteiger partial charge in [-0.15, -0.1) is 24.0 Å². The fourth-order valence-electron chi connectivity index (χ4n) is 2.75. The summed E-state index contributed by atoms with van der Waals surface area (Å²) >= 11 is 0. The lowest BCUT2D eigenvalue weighted by Gasteiger charge is -2.39. The summed E-state index contributed by atoms with van der Waals surface area (Å²) in [6, 6.07) is 0.383. The van der Waals surface area contributed by atoms with Crippen LogP contribution in [0.2, 0.25) is 0 Å². The highest BCUT2D eigenvalue weighted by molar-refractivity contribution is 14.0. The van der Waals surface area contributed by atoms with Crippen LogP contribution >= 0.6 is 24.0 Å². The first kappa shape index (κ1) is 22.9. The van der Waals surface area contributed by atoms with Crippen LogP contribution in [0, 0.1) is 5.92 Å². The number of nitrogens with one attached hydrogen (secondary N) is 1. The first-order chi connectivity index (χ1) is 10.3. The summed E-state index contributed by atoms with van der Waals surface area (Å²) in [7, 11) is 0. The zero-order valence-electron chi connectivity index (χ0n) is 15.6. The van der Waals surface area contributed by atoms with E-state index in [4.69, 9.17) is 10.5 Å². The van der Waals surface area contributed by atoms with Crippen molar-refractivity contribution in [2.24, 2.45) is 16.6 Å². The Kier molecular flexibility index (Phi) is 11.4. The molecule has 0 aliphatic carbocycles. The topological polar surface area (TPSA) is 62.9 Å². The van der Waals surface area contributed by atoms with Crippen molar-refractivity contribution in [1.82, 2.24) is 10.2 Å². The van der Waals surface area contributed by atoms with Crippen molar-refractivity contribution in [2.75, 3.05) is 32.8 Å². The fraction of sp³-hybridized carbons (Fsp3) is 0.941. The van der Waals surface area contributed by atoms with Crippen LogP contribution in [0.25, 0.3) is 0 Å². The van der Waals surface area contributed by atoms with Gasteiger partial charge in [0.2, 0.25) is 0 Å². The predicted molar refractivity (Wildman–Crippen MR) is 110 cm³/mol. The van der Waals surface area contributed by atoms with Crippen LogP contribution in [0.3, 0.4) is 0 Å². The number of nitrogens with zero attached hydrogens (tertiary/aromatic N) is 2. The van der Waals surface area contributed by atoms with Crippen molar-refractivity contribution < 1.29 is 4.74 Å². The molecule has 0 aromatic rings. The van der Waals surface area contributed by atoms with Gasteiger partial charge < -0.3 is 15.8 Å². The third kappa shape index (κ3) is 9.72. The van der Waals surface area contributed by atoms with Crippen molar-refractivity contribution in [1.29, 1.82) is 0 Å². The minimum atomic E-state index is 0. The molecule has 6 heteroatoms. The third-order valence-electron chi connectivity index (χ3n) is 4.32. The molecule has 0 amide bonds. The van der Waals surface area contributed by atoms with E-state index in [0.29, 0.717) is 18.5 Å². The maximum absolute atomic E-state index is 6.04. The lowest BCUT2D eigenvalue weighted by atomic mass is 10.0. The van der Waals surface area contributed by atoms with Gasteiger partial charge in [0.1, 0.15) is 0 Å². The maximum Gasteiger partial charge on any atom is 0.188 e. The van der Waals surface area contributed by atoms with Gasteiger partial charge in [-0.25, -0.2) is 0 Å². The molecule has 3 N–H and O–H groups in total. The largest absolute Gasteiger partial charge is 0.379 e. The monoisotopic (exact) mass is 440 g/mol. The average Bonchev–Trinajstić information content (AvgIpc) is 2.46. The molecule has 23 heavy (non-hydrogen) atoms. The fourth-order valence-corrected chi connectivity index (χ4v) is 2.75. The molecule has 0 spiro atoms. The molecule has 5 nitrogen and oxygen atoms in total. The van der Waals surface area contributed by atoms with Crippen molar-refractivity contribution in [3.05, 3.63) is 0 Å². The molecule has 1 aliphatic rings. The van der Waals surface area contributed by atoms with Gasteiger partial charge >= 0.3 is 0 Å². The second-order valence-corrected chi connectivity index (χ2v) is 7.48. The summed E-state index contributed by atoms with van der Waals surface area (Å²) in [6.45, 7) is 15.4. The zero-order valence-corrected chi connectivity index (χ0v) is 17.9. The van der Waals surface area contributed by atoms with E-state index < -0.39 is 0 Å². The van der Waals surface area contributed by atoms with E-state index in [9.17, 15) is 0 Å². The summed E-state index contributed by atoms with van der Waals surface area (Å²) in [5.74, 6) is 1.34. The Bertz CT molecular complexity index is 341. The number of aliphatic imine (C=N–C) groups is 1. The average molecular weight is 440 g/mol. The molecule has 0 bridgehead atoms. The molecule has 1 heterocycles. The minimum Gasteiger partial charge on any atom is -0.379 e. The Hall–Kier alpha value is -0.0800. The van der Waals surface area contributed by atoms with Gasteiger partial charge in [0.25, 0.3) is 0 Å². The first-order valence-corrected chi connectivity index (χ1v) is 8.70. The number of morpholine rings is 1.